The van der Waals surface area contributed by atoms with Crippen LogP contribution in [0.2, 0.25) is 0 Å². The van der Waals surface area contributed by atoms with Crippen molar-refractivity contribution in [3.05, 3.63) is 15.6 Å². The molecule has 0 saturated heterocycles. The zero-order valence-corrected chi connectivity index (χ0v) is 12.4. The molecule has 6 nitrogen and oxygen atoms in total. The molecule has 1 rings (SSSR count). The van der Waals surface area contributed by atoms with Gasteiger partial charge in [0.15, 0.2) is 0 Å². The number of thiazole rings is 1. The number of carboxylic acid groups (broad SMARTS) is 1. The van der Waals surface area contributed by atoms with Gasteiger partial charge < -0.3 is 16.2 Å². The predicted octanol–water partition coefficient (Wildman–Crippen LogP) is 0.846. The number of hydrogen-bond acceptors (Lipinski definition) is 6. The van der Waals surface area contributed by atoms with Crippen molar-refractivity contribution in [2.45, 2.75) is 25.9 Å². The molecule has 0 radical (unpaired) electrons. The van der Waals surface area contributed by atoms with Gasteiger partial charge in [0, 0.05) is 0 Å². The highest BCUT2D eigenvalue weighted by atomic mass is 32.2. The Morgan fingerprint density at radius 3 is 2.79 bits per heavy atom. The largest absolute Gasteiger partial charge is 0.477 e. The molecule has 1 atom stereocenters. The van der Waals surface area contributed by atoms with Crippen molar-refractivity contribution < 1.29 is 14.7 Å². The standard InChI is InChI=1S/C11H17N3O3S2/c1-6-9(11(16)17)19-8(14-6)5-13-10(15)7(12)3-4-18-2/h7H,3-5,12H2,1-2H3,(H,13,15)(H,16,17)/t7-/m0/s1. The third-order valence-corrected chi connectivity index (χ3v) is 4.21. The molecule has 0 bridgehead atoms. The zero-order valence-electron chi connectivity index (χ0n) is 10.8. The van der Waals surface area contributed by atoms with Crippen LogP contribution in [0.3, 0.4) is 0 Å². The molecule has 0 unspecified atom stereocenters. The van der Waals surface area contributed by atoms with Gasteiger partial charge in [-0.2, -0.15) is 11.8 Å². The summed E-state index contributed by atoms with van der Waals surface area (Å²) in [5.74, 6) is -0.406. The second-order valence-electron chi connectivity index (χ2n) is 3.93. The number of thioether (sulfide) groups is 1. The Hall–Kier alpha value is -1.12. The van der Waals surface area contributed by atoms with Gasteiger partial charge in [-0.3, -0.25) is 4.79 Å². The van der Waals surface area contributed by atoms with E-state index in [0.29, 0.717) is 17.1 Å². The molecule has 1 aromatic heterocycles. The summed E-state index contributed by atoms with van der Waals surface area (Å²) >= 11 is 2.70. The number of nitrogens with one attached hydrogen (secondary N) is 1. The van der Waals surface area contributed by atoms with Gasteiger partial charge >= 0.3 is 5.97 Å². The highest BCUT2D eigenvalue weighted by Gasteiger charge is 2.16. The summed E-state index contributed by atoms with van der Waals surface area (Å²) in [6.45, 7) is 1.85. The van der Waals surface area contributed by atoms with Gasteiger partial charge in [-0.1, -0.05) is 0 Å². The molecule has 1 amide bonds. The Labute approximate surface area is 119 Å². The van der Waals surface area contributed by atoms with Crippen LogP contribution < -0.4 is 11.1 Å². The van der Waals surface area contributed by atoms with E-state index in [4.69, 9.17) is 10.8 Å². The van der Waals surface area contributed by atoms with Gasteiger partial charge in [-0.25, -0.2) is 9.78 Å². The maximum Gasteiger partial charge on any atom is 0.347 e. The van der Waals surface area contributed by atoms with E-state index in [0.717, 1.165) is 17.1 Å². The quantitative estimate of drug-likeness (QED) is 0.689. The monoisotopic (exact) mass is 303 g/mol. The summed E-state index contributed by atoms with van der Waals surface area (Å²) in [4.78, 5) is 26.8. The Morgan fingerprint density at radius 1 is 1.58 bits per heavy atom. The summed E-state index contributed by atoms with van der Waals surface area (Å²) in [5.41, 5.74) is 6.18. The number of rotatable bonds is 7. The van der Waals surface area contributed by atoms with E-state index >= 15 is 0 Å². The molecular weight excluding hydrogens is 286 g/mol. The van der Waals surface area contributed by atoms with Crippen LogP contribution in [0.4, 0.5) is 0 Å². The molecule has 1 heterocycles. The Kier molecular flexibility index (Phi) is 6.26. The first-order valence-electron chi connectivity index (χ1n) is 5.67. The molecule has 0 saturated carbocycles. The van der Waals surface area contributed by atoms with Gasteiger partial charge in [-0.15, -0.1) is 11.3 Å². The molecule has 0 aliphatic rings. The minimum atomic E-state index is -0.996. The van der Waals surface area contributed by atoms with Crippen molar-refractivity contribution in [1.82, 2.24) is 10.3 Å². The maximum absolute atomic E-state index is 11.7. The molecule has 106 valence electrons. The number of amides is 1. The third-order valence-electron chi connectivity index (χ3n) is 2.42. The fourth-order valence-electron chi connectivity index (χ4n) is 1.40. The summed E-state index contributed by atoms with van der Waals surface area (Å²) in [6, 6.07) is -0.535. The van der Waals surface area contributed by atoms with Crippen LogP contribution in [0.25, 0.3) is 0 Å². The highest BCUT2D eigenvalue weighted by molar-refractivity contribution is 7.98. The van der Waals surface area contributed by atoms with Crippen molar-refractivity contribution in [3.63, 3.8) is 0 Å². The predicted molar refractivity (Wildman–Crippen MR) is 76.6 cm³/mol. The lowest BCUT2D eigenvalue weighted by Crippen LogP contribution is -2.40. The molecule has 0 aromatic carbocycles. The van der Waals surface area contributed by atoms with Crippen LogP contribution in [-0.4, -0.2) is 40.0 Å². The van der Waals surface area contributed by atoms with E-state index in [2.05, 4.69) is 10.3 Å². The highest BCUT2D eigenvalue weighted by Crippen LogP contribution is 2.17. The number of aryl methyl sites for hydroxylation is 1. The fraction of sp³-hybridized carbons (Fsp3) is 0.545. The first-order chi connectivity index (χ1) is 8.95. The second kappa shape index (κ2) is 7.46. The van der Waals surface area contributed by atoms with Crippen molar-refractivity contribution in [1.29, 1.82) is 0 Å². The smallest absolute Gasteiger partial charge is 0.347 e. The van der Waals surface area contributed by atoms with Gasteiger partial charge in [0.1, 0.15) is 9.88 Å². The van der Waals surface area contributed by atoms with Crippen LogP contribution in [0, 0.1) is 6.92 Å². The van der Waals surface area contributed by atoms with Crippen molar-refractivity contribution in [3.8, 4) is 0 Å². The van der Waals surface area contributed by atoms with E-state index in [9.17, 15) is 9.59 Å². The van der Waals surface area contributed by atoms with Crippen LogP contribution in [0.1, 0.15) is 26.8 Å². The van der Waals surface area contributed by atoms with Gasteiger partial charge in [0.2, 0.25) is 5.91 Å². The van der Waals surface area contributed by atoms with E-state index in [-0.39, 0.29) is 17.3 Å². The summed E-state index contributed by atoms with van der Waals surface area (Å²) in [6.07, 6.45) is 2.57. The normalized spacial score (nSPS) is 12.2. The van der Waals surface area contributed by atoms with Gasteiger partial charge in [-0.05, 0) is 25.4 Å². The lowest BCUT2D eigenvalue weighted by atomic mass is 10.2. The average Bonchev–Trinajstić information content (AvgIpc) is 2.74. The number of aromatic nitrogens is 1. The third kappa shape index (κ3) is 4.81. The summed E-state index contributed by atoms with van der Waals surface area (Å²) < 4.78 is 0. The molecule has 1 aromatic rings. The Balaban J connectivity index is 2.50. The van der Waals surface area contributed by atoms with E-state index in [1.165, 1.54) is 0 Å². The summed E-state index contributed by atoms with van der Waals surface area (Å²) in [7, 11) is 0. The lowest BCUT2D eigenvalue weighted by molar-refractivity contribution is -0.122. The van der Waals surface area contributed by atoms with Crippen LogP contribution >= 0.6 is 23.1 Å². The number of hydrogen-bond donors (Lipinski definition) is 3. The summed E-state index contributed by atoms with van der Waals surface area (Å²) in [5, 5.41) is 12.1. The van der Waals surface area contributed by atoms with E-state index in [1.54, 1.807) is 18.7 Å². The SMILES string of the molecule is CSCC[C@H](N)C(=O)NCc1nc(C)c(C(=O)O)s1. The van der Waals surface area contributed by atoms with Crippen molar-refractivity contribution >= 4 is 35.0 Å². The van der Waals surface area contributed by atoms with Crippen molar-refractivity contribution in [2.75, 3.05) is 12.0 Å². The Morgan fingerprint density at radius 2 is 2.26 bits per heavy atom. The van der Waals surface area contributed by atoms with E-state index in [1.807, 2.05) is 6.26 Å². The molecule has 0 aliphatic heterocycles. The molecule has 8 heteroatoms. The van der Waals surface area contributed by atoms with Crippen LogP contribution in [0.5, 0.6) is 0 Å². The molecule has 0 spiro atoms. The molecular formula is C11H17N3O3S2. The number of carbonyl (C=O) groups excluding carboxylic acids is 1. The first-order valence-corrected chi connectivity index (χ1v) is 7.88. The molecule has 4 N–H and O–H groups in total. The number of nitrogens with two attached hydrogens (primary N) is 1. The van der Waals surface area contributed by atoms with Gasteiger partial charge in [0.05, 0.1) is 18.3 Å². The zero-order chi connectivity index (χ0) is 14.4. The minimum absolute atomic E-state index is 0.205. The molecule has 19 heavy (non-hydrogen) atoms. The molecule has 0 fully saturated rings. The minimum Gasteiger partial charge on any atom is -0.477 e. The maximum atomic E-state index is 11.7. The fourth-order valence-corrected chi connectivity index (χ4v) is 2.73. The number of aromatic carboxylic acids is 1. The van der Waals surface area contributed by atoms with Crippen LogP contribution in [0.15, 0.2) is 0 Å². The lowest BCUT2D eigenvalue weighted by Gasteiger charge is -2.10. The number of nitrogens with zero attached hydrogens (tertiary/aromatic N) is 1. The average molecular weight is 303 g/mol. The van der Waals surface area contributed by atoms with Gasteiger partial charge in [0.25, 0.3) is 0 Å². The van der Waals surface area contributed by atoms with Crippen molar-refractivity contribution in [2.24, 2.45) is 5.73 Å². The first kappa shape index (κ1) is 15.9. The number of carbonyl (C=O) groups is 2. The second-order valence-corrected chi connectivity index (χ2v) is 6.00. The topological polar surface area (TPSA) is 105 Å². The van der Waals surface area contributed by atoms with Crippen LogP contribution in [-0.2, 0) is 11.3 Å². The molecule has 0 aliphatic carbocycles. The van der Waals surface area contributed by atoms with E-state index < -0.39 is 12.0 Å². The number of carboxylic acids is 1. The Bertz CT molecular complexity index is 462.